The Morgan fingerprint density at radius 2 is 2.11 bits per heavy atom. The molecule has 0 saturated heterocycles. The minimum Gasteiger partial charge on any atom is -0.458 e. The monoisotopic (exact) mass is 240 g/mol. The summed E-state index contributed by atoms with van der Waals surface area (Å²) >= 11 is 0. The molecule has 0 amide bonds. The summed E-state index contributed by atoms with van der Waals surface area (Å²) < 4.78 is 5.36. The summed E-state index contributed by atoms with van der Waals surface area (Å²) in [6.07, 6.45) is 2.52. The number of aromatic nitrogens is 2. The molecule has 0 aliphatic heterocycles. The van der Waals surface area contributed by atoms with E-state index < -0.39 is 0 Å². The maximum Gasteiger partial charge on any atom is 0.185 e. The molecule has 0 atom stereocenters. The molecular formula is C14H12N2O2. The Morgan fingerprint density at radius 3 is 2.83 bits per heavy atom. The van der Waals surface area contributed by atoms with Gasteiger partial charge in [-0.1, -0.05) is 0 Å². The van der Waals surface area contributed by atoms with Gasteiger partial charge in [-0.15, -0.1) is 0 Å². The molecule has 2 heterocycles. The topological polar surface area (TPSA) is 58.9 Å². The van der Waals surface area contributed by atoms with Crippen LogP contribution in [0, 0.1) is 13.8 Å². The van der Waals surface area contributed by atoms with Gasteiger partial charge in [0.2, 0.25) is 0 Å². The Labute approximate surface area is 104 Å². The van der Waals surface area contributed by atoms with Crippen molar-refractivity contribution in [3.63, 3.8) is 0 Å². The average molecular weight is 240 g/mol. The second kappa shape index (κ2) is 3.84. The van der Waals surface area contributed by atoms with E-state index in [2.05, 4.69) is 16.3 Å². The van der Waals surface area contributed by atoms with Crippen LogP contribution in [0.2, 0.25) is 0 Å². The number of carbonyl (C=O) groups is 1. The molecule has 4 heteroatoms. The lowest BCUT2D eigenvalue weighted by molar-refractivity contribution is 0.109. The van der Waals surface area contributed by atoms with Gasteiger partial charge in [0.15, 0.2) is 12.0 Å². The van der Waals surface area contributed by atoms with Crippen LogP contribution in [0.25, 0.3) is 22.0 Å². The van der Waals surface area contributed by atoms with Crippen molar-refractivity contribution >= 4 is 17.2 Å². The largest absolute Gasteiger partial charge is 0.458 e. The molecule has 0 saturated carbocycles. The van der Waals surface area contributed by atoms with Crippen molar-refractivity contribution in [1.29, 1.82) is 0 Å². The second-order valence-corrected chi connectivity index (χ2v) is 4.36. The van der Waals surface area contributed by atoms with E-state index in [1.54, 1.807) is 12.3 Å². The van der Waals surface area contributed by atoms with Crippen molar-refractivity contribution in [2.24, 2.45) is 0 Å². The van der Waals surface area contributed by atoms with Crippen LogP contribution in [0.3, 0.4) is 0 Å². The minimum absolute atomic E-state index is 0.354. The Kier molecular flexibility index (Phi) is 2.30. The number of aryl methyl sites for hydroxylation is 2. The third-order valence-electron chi connectivity index (χ3n) is 3.11. The molecule has 4 nitrogen and oxygen atoms in total. The standard InChI is InChI=1S/C14H12N2O2/c1-8-3-10(4-11-6-15-16-14(8)11)13-5-12(7-17)18-9(13)2/h3-7H,1-2H3,(H,15,16). The van der Waals surface area contributed by atoms with Crippen LogP contribution < -0.4 is 0 Å². The molecule has 1 aromatic carbocycles. The van der Waals surface area contributed by atoms with Crippen molar-refractivity contribution in [2.45, 2.75) is 13.8 Å². The second-order valence-electron chi connectivity index (χ2n) is 4.36. The lowest BCUT2D eigenvalue weighted by Crippen LogP contribution is -1.82. The predicted octanol–water partition coefficient (Wildman–Crippen LogP) is 3.25. The number of aromatic amines is 1. The van der Waals surface area contributed by atoms with Crippen LogP contribution in [0.5, 0.6) is 0 Å². The van der Waals surface area contributed by atoms with Gasteiger partial charge in [-0.05, 0) is 43.2 Å². The summed E-state index contributed by atoms with van der Waals surface area (Å²) in [5.41, 5.74) is 4.14. The van der Waals surface area contributed by atoms with Crippen LogP contribution in [0.1, 0.15) is 21.9 Å². The van der Waals surface area contributed by atoms with Crippen LogP contribution in [-0.2, 0) is 0 Å². The number of hydrogen-bond acceptors (Lipinski definition) is 3. The molecule has 3 rings (SSSR count). The summed E-state index contributed by atoms with van der Waals surface area (Å²) in [5.74, 6) is 1.10. The Hall–Kier alpha value is -2.36. The third-order valence-corrected chi connectivity index (χ3v) is 3.11. The van der Waals surface area contributed by atoms with E-state index in [9.17, 15) is 4.79 Å². The number of nitrogens with zero attached hydrogens (tertiary/aromatic N) is 1. The lowest BCUT2D eigenvalue weighted by Gasteiger charge is -2.02. The van der Waals surface area contributed by atoms with Crippen molar-refractivity contribution < 1.29 is 9.21 Å². The third kappa shape index (κ3) is 1.54. The van der Waals surface area contributed by atoms with E-state index in [1.807, 2.05) is 19.9 Å². The molecule has 2 aromatic heterocycles. The smallest absolute Gasteiger partial charge is 0.185 e. The van der Waals surface area contributed by atoms with Gasteiger partial charge >= 0.3 is 0 Å². The van der Waals surface area contributed by atoms with E-state index in [0.29, 0.717) is 5.76 Å². The van der Waals surface area contributed by atoms with Crippen molar-refractivity contribution in [3.8, 4) is 11.1 Å². The van der Waals surface area contributed by atoms with Gasteiger partial charge in [0.05, 0.1) is 11.7 Å². The molecule has 0 bridgehead atoms. The van der Waals surface area contributed by atoms with E-state index in [1.165, 1.54) is 0 Å². The first kappa shape index (κ1) is 10.8. The molecular weight excluding hydrogens is 228 g/mol. The van der Waals surface area contributed by atoms with Gasteiger partial charge < -0.3 is 4.42 Å². The molecule has 0 radical (unpaired) electrons. The van der Waals surface area contributed by atoms with E-state index >= 15 is 0 Å². The first-order chi connectivity index (χ1) is 8.69. The highest BCUT2D eigenvalue weighted by molar-refractivity contribution is 5.88. The fraction of sp³-hybridized carbons (Fsp3) is 0.143. The van der Waals surface area contributed by atoms with Crippen LogP contribution >= 0.6 is 0 Å². The Balaban J connectivity index is 2.24. The van der Waals surface area contributed by atoms with E-state index in [-0.39, 0.29) is 0 Å². The summed E-state index contributed by atoms with van der Waals surface area (Å²) in [5, 5.41) is 8.06. The van der Waals surface area contributed by atoms with Crippen LogP contribution in [-0.4, -0.2) is 16.5 Å². The fourth-order valence-electron chi connectivity index (χ4n) is 2.24. The summed E-state index contributed by atoms with van der Waals surface area (Å²) in [6, 6.07) is 5.87. The summed E-state index contributed by atoms with van der Waals surface area (Å²) in [7, 11) is 0. The molecule has 1 N–H and O–H groups in total. The zero-order valence-electron chi connectivity index (χ0n) is 10.2. The number of fused-ring (bicyclic) bond motifs is 1. The van der Waals surface area contributed by atoms with Gasteiger partial charge in [-0.25, -0.2) is 0 Å². The van der Waals surface area contributed by atoms with Gasteiger partial charge in [-0.2, -0.15) is 5.10 Å². The van der Waals surface area contributed by atoms with E-state index in [4.69, 9.17) is 4.42 Å². The predicted molar refractivity (Wildman–Crippen MR) is 68.7 cm³/mol. The Bertz CT molecular complexity index is 737. The van der Waals surface area contributed by atoms with Gasteiger partial charge in [-0.3, -0.25) is 9.89 Å². The van der Waals surface area contributed by atoms with E-state index in [0.717, 1.165) is 39.6 Å². The van der Waals surface area contributed by atoms with Crippen molar-refractivity contribution in [2.75, 3.05) is 0 Å². The number of rotatable bonds is 2. The molecule has 0 spiro atoms. The number of aldehydes is 1. The summed E-state index contributed by atoms with van der Waals surface area (Å²) in [6.45, 7) is 3.89. The van der Waals surface area contributed by atoms with Gasteiger partial charge in [0.1, 0.15) is 5.76 Å². The van der Waals surface area contributed by atoms with Gasteiger partial charge in [0.25, 0.3) is 0 Å². The van der Waals surface area contributed by atoms with Crippen LogP contribution in [0.15, 0.2) is 28.8 Å². The number of carbonyl (C=O) groups excluding carboxylic acids is 1. The molecule has 0 unspecified atom stereocenters. The summed E-state index contributed by atoms with van der Waals surface area (Å²) in [4.78, 5) is 10.7. The Morgan fingerprint density at radius 1 is 1.28 bits per heavy atom. The zero-order chi connectivity index (χ0) is 12.7. The number of benzene rings is 1. The number of H-pyrrole nitrogens is 1. The number of nitrogens with one attached hydrogen (secondary N) is 1. The molecule has 18 heavy (non-hydrogen) atoms. The quantitative estimate of drug-likeness (QED) is 0.699. The SMILES string of the molecule is Cc1oc(C=O)cc1-c1cc(C)c2[nH]ncc2c1. The normalized spacial score (nSPS) is 11.0. The average Bonchev–Trinajstić information content (AvgIpc) is 2.95. The number of furan rings is 1. The van der Waals surface area contributed by atoms with Gasteiger partial charge in [0, 0.05) is 10.9 Å². The first-order valence-electron chi connectivity index (χ1n) is 5.69. The maximum atomic E-state index is 10.7. The highest BCUT2D eigenvalue weighted by atomic mass is 16.3. The fourth-order valence-corrected chi connectivity index (χ4v) is 2.24. The highest BCUT2D eigenvalue weighted by Crippen LogP contribution is 2.30. The first-order valence-corrected chi connectivity index (χ1v) is 5.69. The molecule has 0 aliphatic carbocycles. The highest BCUT2D eigenvalue weighted by Gasteiger charge is 2.11. The van der Waals surface area contributed by atoms with Crippen LogP contribution in [0.4, 0.5) is 0 Å². The molecule has 0 aliphatic rings. The molecule has 3 aromatic rings. The zero-order valence-corrected chi connectivity index (χ0v) is 10.2. The minimum atomic E-state index is 0.354. The maximum absolute atomic E-state index is 10.7. The van der Waals surface area contributed by atoms with Crippen molar-refractivity contribution in [3.05, 3.63) is 41.5 Å². The van der Waals surface area contributed by atoms with Crippen molar-refractivity contribution in [1.82, 2.24) is 10.2 Å². The molecule has 0 fully saturated rings. The molecule has 90 valence electrons. The lowest BCUT2D eigenvalue weighted by atomic mass is 10.0. The number of hydrogen-bond donors (Lipinski definition) is 1.